The molecule has 0 bridgehead atoms. The van der Waals surface area contributed by atoms with E-state index in [1.165, 1.54) is 12.1 Å². The average Bonchev–Trinajstić information content (AvgIpc) is 2.86. The van der Waals surface area contributed by atoms with Gasteiger partial charge >= 0.3 is 6.18 Å². The Morgan fingerprint density at radius 1 is 1.30 bits per heavy atom. The molecule has 1 N–H and O–H groups in total. The van der Waals surface area contributed by atoms with Gasteiger partial charge in [0, 0.05) is 35.6 Å². The van der Waals surface area contributed by atoms with Gasteiger partial charge in [0.05, 0.1) is 5.56 Å². The summed E-state index contributed by atoms with van der Waals surface area (Å²) in [7, 11) is 0. The normalized spacial score (nSPS) is 11.6. The molecule has 0 spiro atoms. The quantitative estimate of drug-likeness (QED) is 0.822. The van der Waals surface area contributed by atoms with E-state index in [9.17, 15) is 13.2 Å². The Morgan fingerprint density at radius 3 is 2.75 bits per heavy atom. The first kappa shape index (κ1) is 14.9. The number of hydrogen-bond donors (Lipinski definition) is 1. The van der Waals surface area contributed by atoms with Crippen LogP contribution in [0.25, 0.3) is 0 Å². The predicted octanol–water partition coefficient (Wildman–Crippen LogP) is 4.17. The van der Waals surface area contributed by atoms with E-state index >= 15 is 0 Å². The summed E-state index contributed by atoms with van der Waals surface area (Å²) in [5.74, 6) is 0. The minimum absolute atomic E-state index is 0.0901. The van der Waals surface area contributed by atoms with Gasteiger partial charge < -0.3 is 5.32 Å². The lowest BCUT2D eigenvalue weighted by Crippen LogP contribution is -2.13. The molecule has 0 unspecified atom stereocenters. The molecule has 1 aromatic carbocycles. The zero-order chi connectivity index (χ0) is 14.6. The summed E-state index contributed by atoms with van der Waals surface area (Å²) in [4.78, 5) is 0. The lowest BCUT2D eigenvalue weighted by Gasteiger charge is -2.15. The number of hydrogen-bond acceptors (Lipinski definition) is 2. The van der Waals surface area contributed by atoms with Gasteiger partial charge in [-0.15, -0.1) is 0 Å². The third-order valence-corrected chi connectivity index (χ3v) is 3.22. The van der Waals surface area contributed by atoms with E-state index < -0.39 is 11.7 Å². The summed E-state index contributed by atoms with van der Waals surface area (Å²) in [6.45, 7) is 1.11. The van der Waals surface area contributed by atoms with E-state index in [0.717, 1.165) is 6.07 Å². The van der Waals surface area contributed by atoms with E-state index in [2.05, 4.69) is 26.3 Å². The molecule has 2 aromatic rings. The smallest absolute Gasteiger partial charge is 0.384 e. The van der Waals surface area contributed by atoms with Crippen molar-refractivity contribution in [3.8, 4) is 0 Å². The van der Waals surface area contributed by atoms with E-state index in [1.54, 1.807) is 10.9 Å². The first-order valence-electron chi connectivity index (χ1n) is 6.05. The largest absolute Gasteiger partial charge is 0.418 e. The molecule has 1 heterocycles. The lowest BCUT2D eigenvalue weighted by atomic mass is 10.1. The van der Waals surface area contributed by atoms with Crippen LogP contribution in [0.15, 0.2) is 41.1 Å². The van der Waals surface area contributed by atoms with Crippen LogP contribution in [-0.2, 0) is 12.7 Å². The SMILES string of the molecule is FC(F)(F)c1ccc(Br)cc1NCCCn1cccn1. The third-order valence-electron chi connectivity index (χ3n) is 2.73. The molecule has 0 saturated heterocycles. The van der Waals surface area contributed by atoms with Gasteiger partial charge in [0.2, 0.25) is 0 Å². The van der Waals surface area contributed by atoms with Crippen molar-refractivity contribution in [1.29, 1.82) is 0 Å². The minimum atomic E-state index is -4.36. The van der Waals surface area contributed by atoms with Crippen molar-refractivity contribution >= 4 is 21.6 Å². The van der Waals surface area contributed by atoms with Gasteiger partial charge in [-0.1, -0.05) is 15.9 Å². The summed E-state index contributed by atoms with van der Waals surface area (Å²) in [5.41, 5.74) is -0.563. The van der Waals surface area contributed by atoms with Crippen molar-refractivity contribution < 1.29 is 13.2 Å². The molecular formula is C13H13BrF3N3. The van der Waals surface area contributed by atoms with Crippen LogP contribution in [0.5, 0.6) is 0 Å². The van der Waals surface area contributed by atoms with Crippen LogP contribution >= 0.6 is 15.9 Å². The van der Waals surface area contributed by atoms with Crippen molar-refractivity contribution in [2.45, 2.75) is 19.1 Å². The van der Waals surface area contributed by atoms with E-state index in [0.29, 0.717) is 24.0 Å². The van der Waals surface area contributed by atoms with Gasteiger partial charge in [0.25, 0.3) is 0 Å². The summed E-state index contributed by atoms with van der Waals surface area (Å²) in [5, 5.41) is 6.87. The van der Waals surface area contributed by atoms with Crippen LogP contribution in [0.4, 0.5) is 18.9 Å². The molecule has 20 heavy (non-hydrogen) atoms. The van der Waals surface area contributed by atoms with E-state index in [-0.39, 0.29) is 5.69 Å². The number of benzene rings is 1. The number of aromatic nitrogens is 2. The summed E-state index contributed by atoms with van der Waals surface area (Å²) < 4.78 is 40.9. The summed E-state index contributed by atoms with van der Waals surface area (Å²) >= 11 is 3.18. The van der Waals surface area contributed by atoms with Crippen LogP contribution in [-0.4, -0.2) is 16.3 Å². The van der Waals surface area contributed by atoms with Crippen LogP contribution in [0.3, 0.4) is 0 Å². The number of rotatable bonds is 5. The van der Waals surface area contributed by atoms with Crippen molar-refractivity contribution in [2.24, 2.45) is 0 Å². The van der Waals surface area contributed by atoms with E-state index in [4.69, 9.17) is 0 Å². The average molecular weight is 348 g/mol. The number of nitrogens with zero attached hydrogens (tertiary/aromatic N) is 2. The van der Waals surface area contributed by atoms with Gasteiger partial charge in [-0.05, 0) is 30.7 Å². The third kappa shape index (κ3) is 4.00. The Balaban J connectivity index is 1.96. The second-order valence-electron chi connectivity index (χ2n) is 4.24. The van der Waals surface area contributed by atoms with Crippen molar-refractivity contribution in [3.05, 3.63) is 46.7 Å². The van der Waals surface area contributed by atoms with Crippen molar-refractivity contribution in [2.75, 3.05) is 11.9 Å². The van der Waals surface area contributed by atoms with Crippen LogP contribution in [0.1, 0.15) is 12.0 Å². The molecule has 7 heteroatoms. The zero-order valence-corrected chi connectivity index (χ0v) is 12.1. The fourth-order valence-electron chi connectivity index (χ4n) is 1.81. The highest BCUT2D eigenvalue weighted by Gasteiger charge is 2.33. The van der Waals surface area contributed by atoms with Crippen LogP contribution < -0.4 is 5.32 Å². The number of aryl methyl sites for hydroxylation is 1. The molecule has 0 amide bonds. The van der Waals surface area contributed by atoms with Crippen molar-refractivity contribution in [3.63, 3.8) is 0 Å². The molecule has 0 radical (unpaired) electrons. The minimum Gasteiger partial charge on any atom is -0.384 e. The van der Waals surface area contributed by atoms with Crippen molar-refractivity contribution in [1.82, 2.24) is 9.78 Å². The molecule has 0 aliphatic rings. The van der Waals surface area contributed by atoms with Gasteiger partial charge in [0.15, 0.2) is 0 Å². The first-order valence-corrected chi connectivity index (χ1v) is 6.84. The van der Waals surface area contributed by atoms with Gasteiger partial charge in [-0.3, -0.25) is 4.68 Å². The standard InChI is InChI=1S/C13H13BrF3N3/c14-10-3-4-11(13(15,16)17)12(9-10)18-5-1-7-20-8-2-6-19-20/h2-4,6,8-9,18H,1,5,7H2. The maximum atomic E-state index is 12.8. The molecule has 0 fully saturated rings. The Hall–Kier alpha value is -1.50. The predicted molar refractivity (Wildman–Crippen MR) is 74.5 cm³/mol. The highest BCUT2D eigenvalue weighted by Crippen LogP contribution is 2.36. The molecular weight excluding hydrogens is 335 g/mol. The zero-order valence-electron chi connectivity index (χ0n) is 10.5. The maximum Gasteiger partial charge on any atom is 0.418 e. The van der Waals surface area contributed by atoms with Crippen LogP contribution in [0.2, 0.25) is 0 Å². The molecule has 108 valence electrons. The number of alkyl halides is 3. The fraction of sp³-hybridized carbons (Fsp3) is 0.308. The molecule has 0 aliphatic heterocycles. The first-order chi connectivity index (χ1) is 9.47. The Morgan fingerprint density at radius 2 is 2.10 bits per heavy atom. The lowest BCUT2D eigenvalue weighted by molar-refractivity contribution is -0.137. The van der Waals surface area contributed by atoms with Gasteiger partial charge in [-0.2, -0.15) is 18.3 Å². The monoisotopic (exact) mass is 347 g/mol. The number of halogens is 4. The van der Waals surface area contributed by atoms with Gasteiger partial charge in [0.1, 0.15) is 0 Å². The molecule has 1 aromatic heterocycles. The van der Waals surface area contributed by atoms with Gasteiger partial charge in [-0.25, -0.2) is 0 Å². The fourth-order valence-corrected chi connectivity index (χ4v) is 2.17. The maximum absolute atomic E-state index is 12.8. The molecule has 0 aliphatic carbocycles. The highest BCUT2D eigenvalue weighted by molar-refractivity contribution is 9.10. The Bertz CT molecular complexity index is 552. The number of anilines is 1. The molecule has 3 nitrogen and oxygen atoms in total. The Kier molecular flexibility index (Phi) is 4.69. The number of nitrogens with one attached hydrogen (secondary N) is 1. The molecule has 0 atom stereocenters. The molecule has 2 rings (SSSR count). The second-order valence-corrected chi connectivity index (χ2v) is 5.15. The topological polar surface area (TPSA) is 29.9 Å². The summed E-state index contributed by atoms with van der Waals surface area (Å²) in [6, 6.07) is 5.71. The highest BCUT2D eigenvalue weighted by atomic mass is 79.9. The van der Waals surface area contributed by atoms with E-state index in [1.807, 2.05) is 12.3 Å². The van der Waals surface area contributed by atoms with Crippen LogP contribution in [0, 0.1) is 0 Å². The second kappa shape index (κ2) is 6.30. The molecule has 0 saturated carbocycles. The summed E-state index contributed by atoms with van der Waals surface area (Å²) in [6.07, 6.45) is -0.180. The Labute approximate surface area is 122 Å².